The first-order valence-corrected chi connectivity index (χ1v) is 10.8. The Morgan fingerprint density at radius 3 is 2.60 bits per heavy atom. The van der Waals surface area contributed by atoms with Gasteiger partial charge in [0.1, 0.15) is 10.6 Å². The highest BCUT2D eigenvalue weighted by Crippen LogP contribution is 2.27. The Kier molecular flexibility index (Phi) is 8.31. The van der Waals surface area contributed by atoms with E-state index in [0.29, 0.717) is 5.69 Å². The van der Waals surface area contributed by atoms with E-state index in [1.807, 2.05) is 0 Å². The molecule has 1 aromatic heterocycles. The van der Waals surface area contributed by atoms with E-state index in [4.69, 9.17) is 9.47 Å². The van der Waals surface area contributed by atoms with Gasteiger partial charge in [-0.3, -0.25) is 14.6 Å². The van der Waals surface area contributed by atoms with Crippen molar-refractivity contribution in [3.63, 3.8) is 0 Å². The number of nitrogens with one attached hydrogen (secondary N) is 2. The molecule has 2 aromatic rings. The number of pyridine rings is 1. The summed E-state index contributed by atoms with van der Waals surface area (Å²) in [5, 5.41) is 2.53. The number of hydrogen-bond donors (Lipinski definition) is 2. The summed E-state index contributed by atoms with van der Waals surface area (Å²) in [7, 11) is -2.70. The standard InChI is InChI=1S/C20H25N3O6S/c1-4-29-20(25)16(10-15-6-5-9-21-12-15)13-22-30(26,27)19-11-17(23-14(2)24)7-8-18(19)28-3/h5-9,11-12,16,22H,4,10,13H2,1-3H3,(H,23,24)/t16-/m0/s1. The van der Waals surface area contributed by atoms with E-state index in [-0.39, 0.29) is 36.1 Å². The van der Waals surface area contributed by atoms with Crippen LogP contribution in [0.25, 0.3) is 0 Å². The summed E-state index contributed by atoms with van der Waals surface area (Å²) in [6.45, 7) is 3.01. The lowest BCUT2D eigenvalue weighted by atomic mass is 10.0. The lowest BCUT2D eigenvalue weighted by Crippen LogP contribution is -2.35. The molecule has 0 unspecified atom stereocenters. The van der Waals surface area contributed by atoms with E-state index in [9.17, 15) is 18.0 Å². The fraction of sp³-hybridized carbons (Fsp3) is 0.350. The van der Waals surface area contributed by atoms with Crippen molar-refractivity contribution >= 4 is 27.6 Å². The molecule has 0 aliphatic heterocycles. The summed E-state index contributed by atoms with van der Waals surface area (Å²) in [5.74, 6) is -1.48. The van der Waals surface area contributed by atoms with E-state index in [0.717, 1.165) is 5.56 Å². The van der Waals surface area contributed by atoms with Crippen LogP contribution in [-0.4, -0.2) is 45.5 Å². The molecule has 0 fully saturated rings. The largest absolute Gasteiger partial charge is 0.495 e. The molecule has 1 atom stereocenters. The fourth-order valence-corrected chi connectivity index (χ4v) is 4.03. The normalized spacial score (nSPS) is 12.1. The van der Waals surface area contributed by atoms with Gasteiger partial charge in [-0.15, -0.1) is 0 Å². The summed E-state index contributed by atoms with van der Waals surface area (Å²) in [6.07, 6.45) is 3.48. The van der Waals surface area contributed by atoms with Gasteiger partial charge in [-0.1, -0.05) is 6.07 Å². The van der Waals surface area contributed by atoms with Gasteiger partial charge in [0, 0.05) is 31.5 Å². The molecular formula is C20H25N3O6S. The highest BCUT2D eigenvalue weighted by atomic mass is 32.2. The maximum absolute atomic E-state index is 12.9. The molecule has 1 aromatic carbocycles. The molecule has 0 aliphatic carbocycles. The van der Waals surface area contributed by atoms with Gasteiger partial charge in [0.25, 0.3) is 0 Å². The number of methoxy groups -OCH3 is 1. The Bertz CT molecular complexity index is 979. The number of carbonyl (C=O) groups excluding carboxylic acids is 2. The molecule has 10 heteroatoms. The number of benzene rings is 1. The zero-order valence-electron chi connectivity index (χ0n) is 17.0. The zero-order valence-corrected chi connectivity index (χ0v) is 17.9. The minimum atomic E-state index is -4.05. The monoisotopic (exact) mass is 435 g/mol. The first-order valence-electron chi connectivity index (χ1n) is 9.27. The van der Waals surface area contributed by atoms with Crippen LogP contribution in [0.5, 0.6) is 5.75 Å². The molecule has 162 valence electrons. The molecule has 2 rings (SSSR count). The van der Waals surface area contributed by atoms with Crippen molar-refractivity contribution in [2.45, 2.75) is 25.2 Å². The van der Waals surface area contributed by atoms with Crippen LogP contribution in [0, 0.1) is 5.92 Å². The average molecular weight is 436 g/mol. The number of esters is 1. The summed E-state index contributed by atoms with van der Waals surface area (Å²) in [6, 6.07) is 7.80. The fourth-order valence-electron chi connectivity index (χ4n) is 2.76. The lowest BCUT2D eigenvalue weighted by molar-refractivity contribution is -0.147. The number of sulfonamides is 1. The number of carbonyl (C=O) groups is 2. The Labute approximate surface area is 175 Å². The van der Waals surface area contributed by atoms with Crippen LogP contribution in [-0.2, 0) is 30.8 Å². The number of aromatic nitrogens is 1. The highest BCUT2D eigenvalue weighted by molar-refractivity contribution is 7.89. The van der Waals surface area contributed by atoms with Crippen molar-refractivity contribution in [3.05, 3.63) is 48.3 Å². The Hall–Kier alpha value is -2.98. The highest BCUT2D eigenvalue weighted by Gasteiger charge is 2.26. The van der Waals surface area contributed by atoms with Crippen LogP contribution in [0.1, 0.15) is 19.4 Å². The first-order chi connectivity index (χ1) is 14.3. The van der Waals surface area contributed by atoms with Crippen LogP contribution >= 0.6 is 0 Å². The van der Waals surface area contributed by atoms with Crippen LogP contribution in [0.4, 0.5) is 5.69 Å². The Morgan fingerprint density at radius 1 is 1.23 bits per heavy atom. The van der Waals surface area contributed by atoms with Crippen molar-refractivity contribution in [2.24, 2.45) is 5.92 Å². The van der Waals surface area contributed by atoms with Crippen molar-refractivity contribution in [1.82, 2.24) is 9.71 Å². The molecule has 0 bridgehead atoms. The predicted octanol–water partition coefficient (Wildman–Crippen LogP) is 1.75. The molecule has 1 heterocycles. The van der Waals surface area contributed by atoms with Crippen molar-refractivity contribution in [2.75, 3.05) is 25.6 Å². The van der Waals surface area contributed by atoms with E-state index in [2.05, 4.69) is 15.0 Å². The summed E-state index contributed by atoms with van der Waals surface area (Å²) in [5.41, 5.74) is 1.08. The van der Waals surface area contributed by atoms with Gasteiger partial charge >= 0.3 is 5.97 Å². The summed E-state index contributed by atoms with van der Waals surface area (Å²) >= 11 is 0. The van der Waals surface area contributed by atoms with Crippen molar-refractivity contribution in [3.8, 4) is 5.75 Å². The van der Waals surface area contributed by atoms with Crippen molar-refractivity contribution in [1.29, 1.82) is 0 Å². The maximum Gasteiger partial charge on any atom is 0.310 e. The van der Waals surface area contributed by atoms with E-state index >= 15 is 0 Å². The van der Waals surface area contributed by atoms with Gasteiger partial charge in [-0.25, -0.2) is 13.1 Å². The van der Waals surface area contributed by atoms with Gasteiger partial charge in [0.15, 0.2) is 0 Å². The second-order valence-corrected chi connectivity index (χ2v) is 8.15. The summed E-state index contributed by atoms with van der Waals surface area (Å²) in [4.78, 5) is 27.5. The first kappa shape index (κ1) is 23.3. The van der Waals surface area contributed by atoms with E-state index < -0.39 is 21.9 Å². The number of rotatable bonds is 10. The quantitative estimate of drug-likeness (QED) is 0.545. The van der Waals surface area contributed by atoms with Gasteiger partial charge in [-0.05, 0) is 43.2 Å². The topological polar surface area (TPSA) is 124 Å². The van der Waals surface area contributed by atoms with Crippen LogP contribution < -0.4 is 14.8 Å². The molecule has 0 spiro atoms. The molecule has 1 amide bonds. The van der Waals surface area contributed by atoms with Gasteiger partial charge < -0.3 is 14.8 Å². The number of ether oxygens (including phenoxy) is 2. The molecular weight excluding hydrogens is 410 g/mol. The third kappa shape index (κ3) is 6.53. The Balaban J connectivity index is 2.24. The van der Waals surface area contributed by atoms with E-state index in [1.54, 1.807) is 31.5 Å². The van der Waals surface area contributed by atoms with Gasteiger partial charge in [-0.2, -0.15) is 0 Å². The Morgan fingerprint density at radius 2 is 2.00 bits per heavy atom. The second kappa shape index (κ2) is 10.7. The zero-order chi connectivity index (χ0) is 22.1. The predicted molar refractivity (Wildman–Crippen MR) is 111 cm³/mol. The number of hydrogen-bond acceptors (Lipinski definition) is 7. The second-order valence-electron chi connectivity index (χ2n) is 6.41. The van der Waals surface area contributed by atoms with Gasteiger partial charge in [0.05, 0.1) is 19.6 Å². The lowest BCUT2D eigenvalue weighted by Gasteiger charge is -2.17. The number of nitrogens with zero attached hydrogens (tertiary/aromatic N) is 1. The van der Waals surface area contributed by atoms with Gasteiger partial charge in [0.2, 0.25) is 15.9 Å². The SMILES string of the molecule is CCOC(=O)[C@H](CNS(=O)(=O)c1cc(NC(C)=O)ccc1OC)Cc1cccnc1. The number of anilines is 1. The van der Waals surface area contributed by atoms with Crippen molar-refractivity contribution < 1.29 is 27.5 Å². The number of amides is 1. The molecule has 30 heavy (non-hydrogen) atoms. The minimum absolute atomic E-state index is 0.108. The molecule has 0 saturated heterocycles. The molecule has 9 nitrogen and oxygen atoms in total. The maximum atomic E-state index is 12.9. The third-order valence-corrected chi connectivity index (χ3v) is 5.56. The van der Waals surface area contributed by atoms with Crippen LogP contribution in [0.2, 0.25) is 0 Å². The third-order valence-electron chi connectivity index (χ3n) is 4.12. The van der Waals surface area contributed by atoms with Crippen LogP contribution in [0.3, 0.4) is 0 Å². The minimum Gasteiger partial charge on any atom is -0.495 e. The average Bonchev–Trinajstić information content (AvgIpc) is 2.71. The molecule has 0 radical (unpaired) electrons. The van der Waals surface area contributed by atoms with E-state index in [1.165, 1.54) is 32.2 Å². The molecule has 2 N–H and O–H groups in total. The van der Waals surface area contributed by atoms with Crippen LogP contribution in [0.15, 0.2) is 47.6 Å². The molecule has 0 aliphatic rings. The summed E-state index contributed by atoms with van der Waals surface area (Å²) < 4.78 is 38.5. The smallest absolute Gasteiger partial charge is 0.310 e. The molecule has 0 saturated carbocycles.